The maximum absolute atomic E-state index is 12.8. The molecule has 0 fully saturated rings. The Kier molecular flexibility index (Phi) is 33.7. The van der Waals surface area contributed by atoms with Crippen molar-refractivity contribution in [1.82, 2.24) is 39.9 Å². The minimum absolute atomic E-state index is 0. The first kappa shape index (κ1) is 73.2. The van der Waals surface area contributed by atoms with Gasteiger partial charge in [-0.25, -0.2) is 62.2 Å². The molecule has 2 aromatic carbocycles. The van der Waals surface area contributed by atoms with Crippen LogP contribution in [0.4, 0.5) is 52.5 Å². The van der Waals surface area contributed by atoms with Gasteiger partial charge in [-0.2, -0.15) is 0 Å². The van der Waals surface area contributed by atoms with Crippen LogP contribution in [0.15, 0.2) is 217 Å². The van der Waals surface area contributed by atoms with Gasteiger partial charge in [-0.05, 0) is 140 Å². The number of nitrogens with one attached hydrogen (secondary N) is 5. The maximum Gasteiger partial charge on any atom is 0.337 e. The van der Waals surface area contributed by atoms with Crippen molar-refractivity contribution in [1.29, 1.82) is 0 Å². The van der Waals surface area contributed by atoms with Crippen LogP contribution >= 0.6 is 81.5 Å². The van der Waals surface area contributed by atoms with E-state index in [1.54, 1.807) is 36.4 Å². The average molecular weight is 1390 g/mol. The Bertz CT molecular complexity index is 3530. The lowest BCUT2D eigenvalue weighted by Gasteiger charge is -2.08. The molecule has 8 aromatic heterocycles. The van der Waals surface area contributed by atoms with Gasteiger partial charge in [-0.15, -0.1) is 49.6 Å². The highest BCUT2D eigenvalue weighted by molar-refractivity contribution is 9.10. The van der Waals surface area contributed by atoms with E-state index in [0.29, 0.717) is 56.7 Å². The Morgan fingerprint density at radius 2 is 0.709 bits per heavy atom. The fraction of sp³-hybridized carbons (Fsp3) is 0.0517. The number of carboxylic acid groups (broad SMARTS) is 1. The summed E-state index contributed by atoms with van der Waals surface area (Å²) in [6.45, 7) is 1.98. The molecule has 0 spiro atoms. The first-order valence-corrected chi connectivity index (χ1v) is 25.7. The number of hydrogen-bond acceptors (Lipinski definition) is 15. The summed E-state index contributed by atoms with van der Waals surface area (Å²) in [5, 5.41) is 23.1. The minimum atomic E-state index is -0.958. The van der Waals surface area contributed by atoms with Crippen molar-refractivity contribution in [2.45, 2.75) is 19.6 Å². The lowest BCUT2D eigenvalue weighted by atomic mass is 10.2. The Balaban J connectivity index is 0.000000380. The number of anilines is 6. The third kappa shape index (κ3) is 27.7. The minimum Gasteiger partial charge on any atom is -0.478 e. The number of nitrogens with two attached hydrogens (primary N) is 1. The summed E-state index contributed by atoms with van der Waals surface area (Å²) in [5.41, 5.74) is 9.53. The normalized spacial score (nSPS) is 9.51. The molecule has 0 radical (unpaired) electrons. The van der Waals surface area contributed by atoms with E-state index in [0.717, 1.165) is 42.1 Å². The number of nitrogens with zero attached hydrogens (tertiary/aromatic N) is 8. The fourth-order valence-electron chi connectivity index (χ4n) is 6.19. The van der Waals surface area contributed by atoms with Crippen LogP contribution < -0.4 is 32.3 Å². The second-order valence-corrected chi connectivity index (χ2v) is 18.1. The van der Waals surface area contributed by atoms with Crippen molar-refractivity contribution in [2.24, 2.45) is 0 Å². The molecule has 0 atom stereocenters. The zero-order valence-corrected chi connectivity index (χ0v) is 50.9. The molecule has 2 amide bonds. The fourth-order valence-corrected chi connectivity index (χ4v) is 6.66. The number of benzene rings is 2. The highest BCUT2D eigenvalue weighted by Gasteiger charge is 2.10. The summed E-state index contributed by atoms with van der Waals surface area (Å²) in [4.78, 5) is 65.3. The molecule has 10 rings (SSSR count). The number of aromatic nitrogens is 8. The van der Waals surface area contributed by atoms with Crippen molar-refractivity contribution < 1.29 is 37.1 Å². The molecule has 10 aromatic rings. The van der Waals surface area contributed by atoms with Crippen molar-refractivity contribution in [3.8, 4) is 0 Å². The second-order valence-electron chi connectivity index (χ2n) is 16.5. The van der Waals surface area contributed by atoms with Gasteiger partial charge in [0.15, 0.2) is 0 Å². The third-order valence-electron chi connectivity index (χ3n) is 10.3. The number of pyridine rings is 8. The Hall–Kier alpha value is -8.91. The molecule has 0 aliphatic carbocycles. The maximum atomic E-state index is 12.8. The molecule has 0 bridgehead atoms. The molecule has 448 valence electrons. The molecule has 0 saturated carbocycles. The Morgan fingerprint density at radius 1 is 0.372 bits per heavy atom. The predicted molar refractivity (Wildman–Crippen MR) is 340 cm³/mol. The quantitative estimate of drug-likeness (QED) is 0.0394. The van der Waals surface area contributed by atoms with E-state index in [-0.39, 0.29) is 84.5 Å². The molecule has 18 nitrogen and oxygen atoms in total. The first-order chi connectivity index (χ1) is 39.6. The number of aromatic carboxylic acids is 1. The van der Waals surface area contributed by atoms with Gasteiger partial charge in [-0.3, -0.25) is 9.59 Å². The highest BCUT2D eigenvalue weighted by Crippen LogP contribution is 2.14. The smallest absolute Gasteiger partial charge is 0.337 e. The van der Waals surface area contributed by atoms with Gasteiger partial charge in [0.1, 0.15) is 67.4 Å². The number of halogens is 10. The van der Waals surface area contributed by atoms with Gasteiger partial charge in [-0.1, -0.05) is 66.7 Å². The van der Waals surface area contributed by atoms with Crippen molar-refractivity contribution in [3.63, 3.8) is 0 Å². The van der Waals surface area contributed by atoms with Crippen molar-refractivity contribution in [3.05, 3.63) is 273 Å². The van der Waals surface area contributed by atoms with Gasteiger partial charge in [0, 0.05) is 44.4 Å². The number of hydrogen-bond donors (Lipinski definition) is 7. The van der Waals surface area contributed by atoms with Crippen molar-refractivity contribution in [2.75, 3.05) is 32.3 Å². The van der Waals surface area contributed by atoms with Crippen LogP contribution in [0.1, 0.15) is 47.8 Å². The SMILES string of the molecule is Cl.Cl.Cl.Cl.Fc1ccc(NCc2ccc(NCc3ccccc3)nc2)nc1.Nc1ccc(F)cn1.O=C(Nc1ccc(F)cn1)c1ccc(Br)nc1.O=C(Nc1ccc(F)cn1)c1ccc(NCc2ccccc2)nc1.O=C(O)c1ccc(Br)nc1. The largest absolute Gasteiger partial charge is 0.478 e. The molecule has 0 saturated heterocycles. The molecule has 8 N–H and O–H groups in total. The lowest BCUT2D eigenvalue weighted by Crippen LogP contribution is -2.13. The molecule has 0 aliphatic heterocycles. The molecular formula is C58H52Br2Cl4F4N14O4. The van der Waals surface area contributed by atoms with Crippen LogP contribution in [-0.2, 0) is 19.6 Å². The van der Waals surface area contributed by atoms with Crippen LogP contribution in [-0.4, -0.2) is 62.8 Å². The van der Waals surface area contributed by atoms with Gasteiger partial charge in [0.25, 0.3) is 11.8 Å². The monoisotopic (exact) mass is 1380 g/mol. The average Bonchev–Trinajstić information content (AvgIpc) is 3.71. The van der Waals surface area contributed by atoms with Gasteiger partial charge >= 0.3 is 5.97 Å². The molecule has 86 heavy (non-hydrogen) atoms. The lowest BCUT2D eigenvalue weighted by molar-refractivity contribution is 0.0695. The van der Waals surface area contributed by atoms with Gasteiger partial charge in [0.2, 0.25) is 0 Å². The number of amides is 2. The van der Waals surface area contributed by atoms with E-state index >= 15 is 0 Å². The van der Waals surface area contributed by atoms with Crippen LogP contribution in [0.5, 0.6) is 0 Å². The van der Waals surface area contributed by atoms with Gasteiger partial charge in [0.05, 0.1) is 41.5 Å². The number of carboxylic acids is 1. The van der Waals surface area contributed by atoms with E-state index in [4.69, 9.17) is 10.8 Å². The standard InChI is InChI=1S/C18H15FN4O.C18H17FN4.C11H7BrFN3O.C6H4BrNO2.C5H5FN2.4ClH/c19-15-7-9-17(22-12-15)23-18(24)14-6-8-16(21-11-14)20-10-13-4-2-1-3-5-13;19-16-7-9-18(23-13-16)22-12-15-6-8-17(21-11-15)20-10-14-4-2-1-3-5-14;12-9-3-1-7(5-14-9)11(17)16-10-4-2-8(13)6-15-10;7-5-2-1-4(3-8-5)6(9)10;6-4-1-2-5(7)8-3-4;;;;/h1-9,11-12H,10H2,(H,20,21)(H,22,23,24);1-9,11,13H,10,12H2,(H,20,21)(H,22,23);1-6H,(H,15,16,17);1-3H,(H,9,10);1-3H,(H2,7,8);4*1H. The summed E-state index contributed by atoms with van der Waals surface area (Å²) in [6.07, 6.45) is 10.4. The first-order valence-electron chi connectivity index (χ1n) is 24.2. The van der Waals surface area contributed by atoms with Crippen LogP contribution in [0.3, 0.4) is 0 Å². The summed E-state index contributed by atoms with van der Waals surface area (Å²) < 4.78 is 51.4. The summed E-state index contributed by atoms with van der Waals surface area (Å²) in [7, 11) is 0. The highest BCUT2D eigenvalue weighted by atomic mass is 79.9. The predicted octanol–water partition coefficient (Wildman–Crippen LogP) is 14.0. The van der Waals surface area contributed by atoms with E-state index in [1.807, 2.05) is 66.9 Å². The molecule has 0 aliphatic rings. The molecular weight excluding hydrogens is 1330 g/mol. The van der Waals surface area contributed by atoms with E-state index in [1.165, 1.54) is 78.9 Å². The Labute approximate surface area is 532 Å². The van der Waals surface area contributed by atoms with Crippen LogP contribution in [0.25, 0.3) is 0 Å². The molecule has 28 heteroatoms. The van der Waals surface area contributed by atoms with E-state index in [9.17, 15) is 31.9 Å². The molecule has 0 unspecified atom stereocenters. The number of carbonyl (C=O) groups is 3. The third-order valence-corrected chi connectivity index (χ3v) is 11.3. The topological polar surface area (TPSA) is 261 Å². The van der Waals surface area contributed by atoms with Crippen LogP contribution in [0.2, 0.25) is 0 Å². The zero-order chi connectivity index (χ0) is 58.5. The van der Waals surface area contributed by atoms with Crippen LogP contribution in [0, 0.1) is 23.3 Å². The summed E-state index contributed by atoms with van der Waals surface area (Å²) in [6, 6.07) is 44.7. The molecule has 8 heterocycles. The van der Waals surface area contributed by atoms with Crippen molar-refractivity contribution >= 4 is 134 Å². The van der Waals surface area contributed by atoms with E-state index in [2.05, 4.69) is 110 Å². The van der Waals surface area contributed by atoms with E-state index < -0.39 is 17.6 Å². The number of carbonyl (C=O) groups excluding carboxylic acids is 2. The summed E-state index contributed by atoms with van der Waals surface area (Å²) >= 11 is 6.26. The number of nitrogen functional groups attached to an aromatic ring is 1. The zero-order valence-electron chi connectivity index (χ0n) is 44.5. The number of rotatable bonds is 14. The van der Waals surface area contributed by atoms with Gasteiger partial charge < -0.3 is 37.4 Å². The second kappa shape index (κ2) is 39.6. The summed E-state index contributed by atoms with van der Waals surface area (Å²) in [5.74, 6) is -0.203. The Morgan fingerprint density at radius 3 is 1.03 bits per heavy atom.